The molecular weight excluding hydrogens is 468 g/mol. The number of amides is 2. The Bertz CT molecular complexity index is 1270. The molecule has 1 atom stereocenters. The van der Waals surface area contributed by atoms with E-state index in [-0.39, 0.29) is 18.2 Å². The number of rotatable bonds is 8. The highest BCUT2D eigenvalue weighted by Crippen LogP contribution is 2.34. The summed E-state index contributed by atoms with van der Waals surface area (Å²) in [6.45, 7) is 4.29. The SMILES string of the molecule is COc1ccc2c(c1)C(c1ccc(Cl)cc1)=N[C@@H](CC(=O)NCCCNC(C)=O)c1nnc(C)n1-2. The van der Waals surface area contributed by atoms with Crippen LogP contribution < -0.4 is 15.4 Å². The summed E-state index contributed by atoms with van der Waals surface area (Å²) in [4.78, 5) is 28.9. The van der Waals surface area contributed by atoms with Gasteiger partial charge in [0.1, 0.15) is 17.6 Å². The van der Waals surface area contributed by atoms with E-state index in [1.165, 1.54) is 6.92 Å². The van der Waals surface area contributed by atoms with Gasteiger partial charge in [-0.1, -0.05) is 23.7 Å². The predicted molar refractivity (Wildman–Crippen MR) is 133 cm³/mol. The van der Waals surface area contributed by atoms with Gasteiger partial charge in [0.05, 0.1) is 24.9 Å². The minimum Gasteiger partial charge on any atom is -0.497 e. The summed E-state index contributed by atoms with van der Waals surface area (Å²) < 4.78 is 7.43. The Labute approximate surface area is 208 Å². The van der Waals surface area contributed by atoms with Crippen molar-refractivity contribution >= 4 is 29.1 Å². The quantitative estimate of drug-likeness (QED) is 0.467. The van der Waals surface area contributed by atoms with Crippen LogP contribution in [0.5, 0.6) is 5.75 Å². The highest BCUT2D eigenvalue weighted by atomic mass is 35.5. The first-order valence-electron chi connectivity index (χ1n) is 11.3. The number of fused-ring (bicyclic) bond motifs is 3. The van der Waals surface area contributed by atoms with Crippen LogP contribution in [0.4, 0.5) is 0 Å². The smallest absolute Gasteiger partial charge is 0.222 e. The lowest BCUT2D eigenvalue weighted by molar-refractivity contribution is -0.121. The van der Waals surface area contributed by atoms with E-state index in [0.29, 0.717) is 47.6 Å². The Morgan fingerprint density at radius 1 is 1.09 bits per heavy atom. The summed E-state index contributed by atoms with van der Waals surface area (Å²) in [6, 6.07) is 12.6. The second-order valence-electron chi connectivity index (χ2n) is 8.21. The number of hydrogen-bond donors (Lipinski definition) is 2. The van der Waals surface area contributed by atoms with E-state index < -0.39 is 6.04 Å². The van der Waals surface area contributed by atoms with Crippen molar-refractivity contribution in [1.82, 2.24) is 25.4 Å². The molecule has 3 aromatic rings. The number of methoxy groups -OCH3 is 1. The van der Waals surface area contributed by atoms with E-state index in [2.05, 4.69) is 20.8 Å². The number of halogens is 1. The molecule has 2 N–H and O–H groups in total. The van der Waals surface area contributed by atoms with Gasteiger partial charge in [-0.2, -0.15) is 0 Å². The number of aromatic nitrogens is 3. The molecule has 4 rings (SSSR count). The number of aliphatic imine (C=N–C) groups is 1. The maximum Gasteiger partial charge on any atom is 0.222 e. The Morgan fingerprint density at radius 2 is 1.83 bits per heavy atom. The molecule has 0 unspecified atom stereocenters. The maximum absolute atomic E-state index is 12.8. The lowest BCUT2D eigenvalue weighted by Gasteiger charge is -2.14. The normalized spacial score (nSPS) is 14.3. The number of carbonyl (C=O) groups is 2. The number of ether oxygens (including phenoxy) is 1. The molecule has 1 aliphatic rings. The van der Waals surface area contributed by atoms with Gasteiger partial charge in [-0.3, -0.25) is 19.1 Å². The summed E-state index contributed by atoms with van der Waals surface area (Å²) in [6.07, 6.45) is 0.732. The molecule has 0 fully saturated rings. The van der Waals surface area contributed by atoms with Gasteiger partial charge in [-0.15, -0.1) is 10.2 Å². The van der Waals surface area contributed by atoms with Crippen molar-refractivity contribution in [2.45, 2.75) is 32.7 Å². The van der Waals surface area contributed by atoms with Crippen molar-refractivity contribution in [3.8, 4) is 11.4 Å². The van der Waals surface area contributed by atoms with Crippen LogP contribution in [-0.4, -0.2) is 52.5 Å². The number of benzene rings is 2. The minimum absolute atomic E-state index is 0.0928. The lowest BCUT2D eigenvalue weighted by Crippen LogP contribution is -2.29. The fourth-order valence-corrected chi connectivity index (χ4v) is 4.13. The second-order valence-corrected chi connectivity index (χ2v) is 8.65. The molecule has 0 saturated heterocycles. The van der Waals surface area contributed by atoms with E-state index >= 15 is 0 Å². The van der Waals surface area contributed by atoms with Crippen molar-refractivity contribution in [3.63, 3.8) is 0 Å². The van der Waals surface area contributed by atoms with Crippen LogP contribution in [0.15, 0.2) is 47.5 Å². The Kier molecular flexibility index (Phi) is 7.45. The summed E-state index contributed by atoms with van der Waals surface area (Å²) in [5.41, 5.74) is 3.27. The Hall–Kier alpha value is -3.72. The average molecular weight is 495 g/mol. The number of aryl methyl sites for hydroxylation is 1. The summed E-state index contributed by atoms with van der Waals surface area (Å²) in [7, 11) is 1.62. The third kappa shape index (κ3) is 5.51. The highest BCUT2D eigenvalue weighted by molar-refractivity contribution is 6.30. The first kappa shape index (κ1) is 24.4. The zero-order valence-corrected chi connectivity index (χ0v) is 20.6. The summed E-state index contributed by atoms with van der Waals surface area (Å²) >= 11 is 6.13. The molecule has 9 nitrogen and oxygen atoms in total. The van der Waals surface area contributed by atoms with Gasteiger partial charge >= 0.3 is 0 Å². The lowest BCUT2D eigenvalue weighted by atomic mass is 10.00. The summed E-state index contributed by atoms with van der Waals surface area (Å²) in [5.74, 6) is 1.72. The van der Waals surface area contributed by atoms with Gasteiger partial charge < -0.3 is 15.4 Å². The number of nitrogens with zero attached hydrogens (tertiary/aromatic N) is 4. The molecule has 0 aliphatic carbocycles. The first-order valence-corrected chi connectivity index (χ1v) is 11.7. The van der Waals surface area contributed by atoms with Gasteiger partial charge in [0.2, 0.25) is 11.8 Å². The average Bonchev–Trinajstić information content (AvgIpc) is 3.16. The van der Waals surface area contributed by atoms with Gasteiger partial charge in [0, 0.05) is 36.2 Å². The van der Waals surface area contributed by atoms with Crippen molar-refractivity contribution in [2.24, 2.45) is 4.99 Å². The molecule has 0 radical (unpaired) electrons. The third-order valence-electron chi connectivity index (χ3n) is 5.68. The van der Waals surface area contributed by atoms with E-state index in [4.69, 9.17) is 21.3 Å². The van der Waals surface area contributed by atoms with Gasteiger partial charge in [-0.25, -0.2) is 0 Å². The van der Waals surface area contributed by atoms with Crippen LogP contribution in [0, 0.1) is 6.92 Å². The van der Waals surface area contributed by atoms with Gasteiger partial charge in [0.15, 0.2) is 5.82 Å². The first-order chi connectivity index (χ1) is 16.9. The molecule has 1 aliphatic heterocycles. The molecule has 182 valence electrons. The maximum atomic E-state index is 12.8. The summed E-state index contributed by atoms with van der Waals surface area (Å²) in [5, 5.41) is 14.9. The molecule has 1 aromatic heterocycles. The molecule has 0 spiro atoms. The number of carbonyl (C=O) groups excluding carboxylic acids is 2. The Morgan fingerprint density at radius 3 is 2.54 bits per heavy atom. The zero-order chi connectivity index (χ0) is 24.9. The van der Waals surface area contributed by atoms with E-state index in [1.807, 2.05) is 54.0 Å². The van der Waals surface area contributed by atoms with E-state index in [9.17, 15) is 9.59 Å². The molecule has 2 amide bonds. The molecular formula is C25H27ClN6O3. The molecule has 35 heavy (non-hydrogen) atoms. The van der Waals surface area contributed by atoms with Crippen molar-refractivity contribution in [1.29, 1.82) is 0 Å². The van der Waals surface area contributed by atoms with Crippen LogP contribution in [0.3, 0.4) is 0 Å². The number of hydrogen-bond acceptors (Lipinski definition) is 6. The second kappa shape index (κ2) is 10.7. The van der Waals surface area contributed by atoms with Crippen LogP contribution in [0.1, 0.15) is 48.6 Å². The van der Waals surface area contributed by atoms with Gasteiger partial charge in [-0.05, 0) is 43.7 Å². The van der Waals surface area contributed by atoms with E-state index in [1.54, 1.807) is 7.11 Å². The topological polar surface area (TPSA) is 110 Å². The van der Waals surface area contributed by atoms with E-state index in [0.717, 1.165) is 16.8 Å². The molecule has 0 saturated carbocycles. The monoisotopic (exact) mass is 494 g/mol. The Balaban J connectivity index is 1.70. The number of nitrogens with one attached hydrogen (secondary N) is 2. The standard InChI is InChI=1S/C25H27ClN6O3/c1-15-30-31-25-21(14-23(34)28-12-4-11-27-16(2)33)29-24(17-5-7-18(26)8-6-17)20-13-19(35-3)9-10-22(20)32(15)25/h5-10,13,21H,4,11-12,14H2,1-3H3,(H,27,33)(H,28,34)/t21-/m0/s1. The largest absolute Gasteiger partial charge is 0.497 e. The highest BCUT2D eigenvalue weighted by Gasteiger charge is 2.30. The predicted octanol–water partition coefficient (Wildman–Crippen LogP) is 3.16. The van der Waals surface area contributed by atoms with Crippen LogP contribution in [0.2, 0.25) is 5.02 Å². The van der Waals surface area contributed by atoms with Crippen molar-refractivity contribution < 1.29 is 14.3 Å². The zero-order valence-electron chi connectivity index (χ0n) is 19.8. The molecule has 2 heterocycles. The van der Waals surface area contributed by atoms with Crippen molar-refractivity contribution in [3.05, 3.63) is 70.3 Å². The molecule has 2 aromatic carbocycles. The van der Waals surface area contributed by atoms with Crippen LogP contribution in [0.25, 0.3) is 5.69 Å². The van der Waals surface area contributed by atoms with Crippen LogP contribution >= 0.6 is 11.6 Å². The third-order valence-corrected chi connectivity index (χ3v) is 5.93. The molecule has 0 bridgehead atoms. The minimum atomic E-state index is -0.560. The fourth-order valence-electron chi connectivity index (χ4n) is 4.01. The van der Waals surface area contributed by atoms with Crippen LogP contribution in [-0.2, 0) is 9.59 Å². The van der Waals surface area contributed by atoms with Gasteiger partial charge in [0.25, 0.3) is 0 Å². The molecule has 10 heteroatoms. The fraction of sp³-hybridized carbons (Fsp3) is 0.320. The van der Waals surface area contributed by atoms with Crippen molar-refractivity contribution in [2.75, 3.05) is 20.2 Å².